The quantitative estimate of drug-likeness (QED) is 0.306. The van der Waals surface area contributed by atoms with Gasteiger partial charge in [-0.1, -0.05) is 72.1 Å². The third kappa shape index (κ3) is 7.38. The van der Waals surface area contributed by atoms with Gasteiger partial charge in [-0.05, 0) is 19.3 Å². The van der Waals surface area contributed by atoms with Crippen LogP contribution in [-0.2, 0) is 13.9 Å². The Morgan fingerprint density at radius 3 is 1.85 bits per heavy atom. The van der Waals surface area contributed by atoms with E-state index < -0.39 is 14.1 Å². The highest BCUT2D eigenvalue weighted by molar-refractivity contribution is 7.18. The summed E-state index contributed by atoms with van der Waals surface area (Å²) in [5.74, 6) is -0.304. The average molecular weight is 302 g/mol. The van der Waals surface area contributed by atoms with Crippen LogP contribution in [0.2, 0.25) is 0 Å². The molecule has 0 aliphatic heterocycles. The van der Waals surface area contributed by atoms with Gasteiger partial charge in [0.05, 0.1) is 5.41 Å². The predicted molar refractivity (Wildman–Crippen MR) is 83.9 cm³/mol. The lowest BCUT2D eigenvalue weighted by molar-refractivity contribution is -0.146. The van der Waals surface area contributed by atoms with Gasteiger partial charge in [0.1, 0.15) is 0 Å². The van der Waals surface area contributed by atoms with E-state index in [0.29, 0.717) is 0 Å². The van der Waals surface area contributed by atoms with Crippen molar-refractivity contribution in [2.45, 2.75) is 91.4 Å². The molecule has 0 aliphatic carbocycles. The van der Waals surface area contributed by atoms with Gasteiger partial charge in [-0.3, -0.25) is 4.79 Å². The van der Waals surface area contributed by atoms with Gasteiger partial charge < -0.3 is 4.52 Å². The molecule has 0 rings (SSSR count). The summed E-state index contributed by atoms with van der Waals surface area (Å²) in [6, 6.07) is 0. The highest BCUT2D eigenvalue weighted by Gasteiger charge is 2.36. The van der Waals surface area contributed by atoms with Gasteiger partial charge in [0, 0.05) is 0 Å². The van der Waals surface area contributed by atoms with Crippen LogP contribution >= 0.6 is 8.69 Å². The highest BCUT2D eigenvalue weighted by atomic mass is 31.1. The van der Waals surface area contributed by atoms with Gasteiger partial charge in [0.2, 0.25) is 0 Å². The summed E-state index contributed by atoms with van der Waals surface area (Å²) in [7, 11) is -0.527. The first-order valence-electron chi connectivity index (χ1n) is 8.21. The van der Waals surface area contributed by atoms with Crippen LogP contribution in [0.25, 0.3) is 0 Å². The van der Waals surface area contributed by atoms with Crippen LogP contribution in [0.1, 0.15) is 91.4 Å². The maximum atomic E-state index is 11.9. The smallest absolute Gasteiger partial charge is 0.372 e. The van der Waals surface area contributed by atoms with Crippen molar-refractivity contribution in [1.29, 1.82) is 0 Å². The van der Waals surface area contributed by atoms with E-state index in [1.807, 2.05) is 13.8 Å². The first-order valence-corrected chi connectivity index (χ1v) is 8.94. The number of unbranched alkanes of at least 4 members (excludes halogenated alkanes) is 7. The molecule has 0 aromatic heterocycles. The molecule has 0 saturated heterocycles. The third-order valence-electron chi connectivity index (χ3n) is 4.42. The van der Waals surface area contributed by atoms with Crippen LogP contribution in [0, 0.1) is 5.41 Å². The molecular formula is C16H31O3P. The van der Waals surface area contributed by atoms with E-state index in [1.165, 1.54) is 44.9 Å². The number of rotatable bonds is 13. The van der Waals surface area contributed by atoms with Crippen molar-refractivity contribution in [2.75, 3.05) is 0 Å². The second-order valence-corrected chi connectivity index (χ2v) is 6.00. The summed E-state index contributed by atoms with van der Waals surface area (Å²) in [6.45, 7) is 6.25. The van der Waals surface area contributed by atoms with Gasteiger partial charge >= 0.3 is 14.7 Å². The van der Waals surface area contributed by atoms with Crippen molar-refractivity contribution in [2.24, 2.45) is 5.41 Å². The van der Waals surface area contributed by atoms with Crippen LogP contribution < -0.4 is 0 Å². The predicted octanol–water partition coefficient (Wildman–Crippen LogP) is 6.07. The molecule has 3 nitrogen and oxygen atoms in total. The molecule has 0 heterocycles. The zero-order valence-electron chi connectivity index (χ0n) is 13.5. The van der Waals surface area contributed by atoms with E-state index in [2.05, 4.69) is 11.4 Å². The Morgan fingerprint density at radius 2 is 1.40 bits per heavy atom. The number of hydrogen-bond donors (Lipinski definition) is 0. The Morgan fingerprint density at radius 1 is 0.900 bits per heavy atom. The molecule has 0 unspecified atom stereocenters. The monoisotopic (exact) mass is 302 g/mol. The molecular weight excluding hydrogens is 271 g/mol. The molecule has 118 valence electrons. The van der Waals surface area contributed by atoms with Crippen LogP contribution in [-0.4, -0.2) is 5.97 Å². The van der Waals surface area contributed by atoms with E-state index in [1.54, 1.807) is 0 Å². The molecule has 0 spiro atoms. The van der Waals surface area contributed by atoms with Crippen molar-refractivity contribution >= 4 is 14.7 Å². The van der Waals surface area contributed by atoms with Gasteiger partial charge in [0.15, 0.2) is 0 Å². The summed E-state index contributed by atoms with van der Waals surface area (Å²) in [4.78, 5) is 11.9. The molecule has 0 aliphatic rings. The van der Waals surface area contributed by atoms with Gasteiger partial charge in [-0.25, -0.2) is 4.57 Å². The normalized spacial score (nSPS) is 11.8. The van der Waals surface area contributed by atoms with Crippen molar-refractivity contribution < 1.29 is 13.9 Å². The molecule has 20 heavy (non-hydrogen) atoms. The molecule has 0 atom stereocenters. The zero-order chi connectivity index (χ0) is 15.3. The maximum absolute atomic E-state index is 11.9. The minimum absolute atomic E-state index is 0.304. The second-order valence-electron chi connectivity index (χ2n) is 5.67. The standard InChI is InChI=1S/C16H31O3P/c1-4-7-8-9-10-11-12-13-14-16(5-2,6-3)15(17)19-20-18/h4-14H2,1-3H3. The van der Waals surface area contributed by atoms with Crippen LogP contribution in [0.4, 0.5) is 0 Å². The van der Waals surface area contributed by atoms with E-state index in [4.69, 9.17) is 0 Å². The van der Waals surface area contributed by atoms with Crippen molar-refractivity contribution in [3.63, 3.8) is 0 Å². The first kappa shape index (κ1) is 19.6. The summed E-state index contributed by atoms with van der Waals surface area (Å²) in [6.07, 6.45) is 12.5. The summed E-state index contributed by atoms with van der Waals surface area (Å²) < 4.78 is 15.1. The van der Waals surface area contributed by atoms with E-state index in [0.717, 1.165) is 25.7 Å². The van der Waals surface area contributed by atoms with E-state index >= 15 is 0 Å². The molecule has 0 N–H and O–H groups in total. The van der Waals surface area contributed by atoms with Gasteiger partial charge in [-0.2, -0.15) is 0 Å². The fourth-order valence-electron chi connectivity index (χ4n) is 2.72. The lowest BCUT2D eigenvalue weighted by Gasteiger charge is -2.27. The van der Waals surface area contributed by atoms with Gasteiger partial charge in [-0.15, -0.1) is 0 Å². The molecule has 0 amide bonds. The first-order chi connectivity index (χ1) is 9.66. The number of hydrogen-bond acceptors (Lipinski definition) is 3. The maximum Gasteiger partial charge on any atom is 0.398 e. The number of carbonyl (C=O) groups excluding carboxylic acids is 1. The fourth-order valence-corrected chi connectivity index (χ4v) is 2.98. The van der Waals surface area contributed by atoms with Crippen LogP contribution in [0.15, 0.2) is 0 Å². The highest BCUT2D eigenvalue weighted by Crippen LogP contribution is 2.35. The average Bonchev–Trinajstić information content (AvgIpc) is 2.46. The lowest BCUT2D eigenvalue weighted by atomic mass is 9.78. The van der Waals surface area contributed by atoms with Crippen molar-refractivity contribution in [3.05, 3.63) is 0 Å². The van der Waals surface area contributed by atoms with Gasteiger partial charge in [0.25, 0.3) is 0 Å². The third-order valence-corrected chi connectivity index (χ3v) is 4.66. The Kier molecular flexibility index (Phi) is 12.1. The molecule has 4 heteroatoms. The second kappa shape index (κ2) is 12.3. The number of carbonyl (C=O) groups is 1. The van der Waals surface area contributed by atoms with Crippen molar-refractivity contribution in [3.8, 4) is 0 Å². The fraction of sp³-hybridized carbons (Fsp3) is 0.938. The Balaban J connectivity index is 3.92. The summed E-state index contributed by atoms with van der Waals surface area (Å²) in [5, 5.41) is 0. The topological polar surface area (TPSA) is 43.4 Å². The lowest BCUT2D eigenvalue weighted by Crippen LogP contribution is -2.30. The molecule has 0 saturated carbocycles. The minimum Gasteiger partial charge on any atom is -0.372 e. The molecule has 0 aromatic carbocycles. The minimum atomic E-state index is -0.527. The van der Waals surface area contributed by atoms with E-state index in [-0.39, 0.29) is 5.97 Å². The summed E-state index contributed by atoms with van der Waals surface area (Å²) >= 11 is 0. The zero-order valence-corrected chi connectivity index (χ0v) is 14.3. The van der Waals surface area contributed by atoms with E-state index in [9.17, 15) is 9.36 Å². The van der Waals surface area contributed by atoms with Crippen LogP contribution in [0.5, 0.6) is 0 Å². The SMILES string of the molecule is CCCCCCCCCCC(CC)(CC)C(=O)OP=O. The Hall–Kier alpha value is -0.430. The Labute approximate surface area is 126 Å². The molecule has 0 aromatic rings. The summed E-state index contributed by atoms with van der Waals surface area (Å²) in [5.41, 5.74) is -0.431. The molecule has 0 bridgehead atoms. The molecule has 0 radical (unpaired) electrons. The van der Waals surface area contributed by atoms with Crippen molar-refractivity contribution in [1.82, 2.24) is 0 Å². The Bertz CT molecular complexity index is 262. The largest absolute Gasteiger partial charge is 0.398 e. The molecule has 0 fully saturated rings. The van der Waals surface area contributed by atoms with Crippen LogP contribution in [0.3, 0.4) is 0 Å².